The third-order valence-corrected chi connectivity index (χ3v) is 8.55. The molecule has 0 saturated heterocycles. The molecule has 0 saturated carbocycles. The van der Waals surface area contributed by atoms with Crippen molar-refractivity contribution in [1.29, 1.82) is 0 Å². The summed E-state index contributed by atoms with van der Waals surface area (Å²) in [6.45, 7) is 1.39. The number of benzene rings is 4. The predicted molar refractivity (Wildman–Crippen MR) is 182 cm³/mol. The molecule has 0 spiro atoms. The van der Waals surface area contributed by atoms with E-state index >= 15 is 0 Å². The Morgan fingerprint density at radius 1 is 0.467 bits per heavy atom. The second-order valence-corrected chi connectivity index (χ2v) is 11.5. The number of pyridine rings is 2. The summed E-state index contributed by atoms with van der Waals surface area (Å²) in [6, 6.07) is 37.3. The molecule has 0 amide bonds. The minimum Gasteiger partial charge on any atom is -0.382 e. The van der Waals surface area contributed by atoms with E-state index in [2.05, 4.69) is 79.8 Å². The van der Waals surface area contributed by atoms with Gasteiger partial charge in [-0.3, -0.25) is 0 Å². The maximum absolute atomic E-state index is 6.50. The highest BCUT2D eigenvalue weighted by molar-refractivity contribution is 6.07. The Hall–Kier alpha value is -5.76. The molecule has 4 aromatic carbocycles. The van der Waals surface area contributed by atoms with Crippen LogP contribution < -0.4 is 11.5 Å². The lowest BCUT2D eigenvalue weighted by Crippen LogP contribution is -2.09. The molecule has 8 rings (SSSR count). The molecule has 8 heteroatoms. The summed E-state index contributed by atoms with van der Waals surface area (Å²) in [6.07, 6.45) is 2.34. The highest BCUT2D eigenvalue weighted by Gasteiger charge is 2.20. The van der Waals surface area contributed by atoms with Crippen LogP contribution in [0.25, 0.3) is 43.9 Å². The number of nitrogens with zero attached hydrogens (tertiary/aromatic N) is 6. The second kappa shape index (κ2) is 11.1. The molecule has 4 heterocycles. The molecule has 0 unspecified atom stereocenters. The number of imidazole rings is 2. The van der Waals surface area contributed by atoms with Gasteiger partial charge in [-0.25, -0.2) is 19.9 Å². The van der Waals surface area contributed by atoms with Crippen molar-refractivity contribution in [3.63, 3.8) is 0 Å². The molecule has 8 nitrogen and oxygen atoms in total. The third-order valence-electron chi connectivity index (χ3n) is 8.55. The van der Waals surface area contributed by atoms with Gasteiger partial charge in [0.15, 0.2) is 11.6 Å². The fourth-order valence-electron chi connectivity index (χ4n) is 6.47. The van der Waals surface area contributed by atoms with Gasteiger partial charge in [0.1, 0.15) is 22.7 Å². The molecule has 0 radical (unpaired) electrons. The Bertz CT molecular complexity index is 2160. The second-order valence-electron chi connectivity index (χ2n) is 11.5. The lowest BCUT2D eigenvalue weighted by molar-refractivity contribution is 0.662. The number of rotatable bonds is 8. The lowest BCUT2D eigenvalue weighted by Gasteiger charge is -2.13. The fourth-order valence-corrected chi connectivity index (χ4v) is 6.47. The number of fused-ring (bicyclic) bond motifs is 6. The summed E-state index contributed by atoms with van der Waals surface area (Å²) in [5.74, 6) is 2.87. The quantitative estimate of drug-likeness (QED) is 0.199. The number of anilines is 2. The summed E-state index contributed by atoms with van der Waals surface area (Å²) >= 11 is 0. The molecule has 0 aliphatic carbocycles. The van der Waals surface area contributed by atoms with Crippen LogP contribution in [0, 0.1) is 0 Å². The summed E-state index contributed by atoms with van der Waals surface area (Å²) in [5.41, 5.74) is 20.7. The molecular weight excluding hydrogens is 556 g/mol. The molecule has 4 aromatic heterocycles. The molecule has 45 heavy (non-hydrogen) atoms. The van der Waals surface area contributed by atoms with Gasteiger partial charge in [-0.05, 0) is 29.7 Å². The number of aryl methyl sites for hydroxylation is 2. The van der Waals surface area contributed by atoms with Gasteiger partial charge in [-0.1, -0.05) is 97.1 Å². The van der Waals surface area contributed by atoms with Crippen molar-refractivity contribution >= 4 is 55.5 Å². The number of para-hydroxylation sites is 2. The van der Waals surface area contributed by atoms with Crippen molar-refractivity contribution in [2.45, 2.75) is 32.4 Å². The number of hydrogen-bond donors (Lipinski definition) is 2. The van der Waals surface area contributed by atoms with Gasteiger partial charge >= 0.3 is 0 Å². The topological polar surface area (TPSA) is 113 Å². The van der Waals surface area contributed by atoms with Crippen LogP contribution in [0.5, 0.6) is 0 Å². The van der Waals surface area contributed by atoms with Crippen LogP contribution in [0.2, 0.25) is 0 Å². The maximum Gasteiger partial charge on any atom is 0.152 e. The molecule has 8 aromatic rings. The van der Waals surface area contributed by atoms with E-state index in [0.717, 1.165) is 74.8 Å². The average molecular weight is 589 g/mol. The van der Waals surface area contributed by atoms with Crippen LogP contribution in [-0.4, -0.2) is 29.1 Å². The zero-order valence-corrected chi connectivity index (χ0v) is 24.8. The van der Waals surface area contributed by atoms with Crippen molar-refractivity contribution in [3.05, 3.63) is 132 Å². The first-order chi connectivity index (χ1) is 22.1. The van der Waals surface area contributed by atoms with E-state index in [1.54, 1.807) is 0 Å². The average Bonchev–Trinajstić information content (AvgIpc) is 3.62. The summed E-state index contributed by atoms with van der Waals surface area (Å²) in [4.78, 5) is 19.5. The van der Waals surface area contributed by atoms with Gasteiger partial charge in [0.2, 0.25) is 0 Å². The van der Waals surface area contributed by atoms with Crippen LogP contribution in [-0.2, 0) is 25.9 Å². The van der Waals surface area contributed by atoms with E-state index in [1.807, 2.05) is 48.5 Å². The van der Waals surface area contributed by atoms with Crippen molar-refractivity contribution in [2.75, 3.05) is 11.5 Å². The van der Waals surface area contributed by atoms with Gasteiger partial charge < -0.3 is 20.6 Å². The monoisotopic (exact) mass is 588 g/mol. The Labute approximate surface area is 260 Å². The van der Waals surface area contributed by atoms with Crippen LogP contribution in [0.3, 0.4) is 0 Å². The van der Waals surface area contributed by atoms with Crippen LogP contribution in [0.1, 0.15) is 29.2 Å². The molecular formula is C37H32N8. The minimum absolute atomic E-state index is 0.455. The summed E-state index contributed by atoms with van der Waals surface area (Å²) in [7, 11) is 0. The smallest absolute Gasteiger partial charge is 0.152 e. The highest BCUT2D eigenvalue weighted by atomic mass is 15.1. The normalized spacial score (nSPS) is 11.7. The van der Waals surface area contributed by atoms with Gasteiger partial charge in [0.05, 0.1) is 22.1 Å². The summed E-state index contributed by atoms with van der Waals surface area (Å²) in [5, 5.41) is 2.10. The minimum atomic E-state index is 0.455. The maximum atomic E-state index is 6.50. The van der Waals surface area contributed by atoms with Crippen molar-refractivity contribution in [1.82, 2.24) is 29.1 Å². The number of aromatic nitrogens is 6. The van der Waals surface area contributed by atoms with E-state index in [0.29, 0.717) is 24.7 Å². The Balaban J connectivity index is 1.20. The lowest BCUT2D eigenvalue weighted by atomic mass is 10.1. The first kappa shape index (κ1) is 26.8. The number of nitrogen functional groups attached to an aromatic ring is 2. The van der Waals surface area contributed by atoms with Crippen molar-refractivity contribution in [3.8, 4) is 0 Å². The van der Waals surface area contributed by atoms with E-state index in [-0.39, 0.29) is 0 Å². The van der Waals surface area contributed by atoms with Gasteiger partial charge in [-0.15, -0.1) is 0 Å². The summed E-state index contributed by atoms with van der Waals surface area (Å²) < 4.78 is 4.63. The standard InChI is InChI=1S/C37H32N8/c38-36-32-34(26-16-7-9-18-28(26)40-36)44(22-24-12-3-1-4-13-24)30(42-32)20-11-21-31-43-33-35(45(31)23-25-14-5-2-6-15-25)27-17-8-10-19-29(27)41-37(33)39/h1-10,12-19H,11,20-23H2,(H2,38,40)(H2,39,41). The molecule has 0 fully saturated rings. The SMILES string of the molecule is Nc1nc2ccccc2c2c1nc(CCCc1nc3c(N)nc4ccccc4c3n1Cc1ccccc1)n2Cc1ccccc1. The Kier molecular flexibility index (Phi) is 6.60. The molecule has 0 aliphatic heterocycles. The van der Waals surface area contributed by atoms with E-state index in [4.69, 9.17) is 21.4 Å². The first-order valence-electron chi connectivity index (χ1n) is 15.3. The van der Waals surface area contributed by atoms with Crippen LogP contribution in [0.15, 0.2) is 109 Å². The van der Waals surface area contributed by atoms with E-state index in [9.17, 15) is 0 Å². The highest BCUT2D eigenvalue weighted by Crippen LogP contribution is 2.32. The zero-order chi connectivity index (χ0) is 30.3. The zero-order valence-electron chi connectivity index (χ0n) is 24.8. The van der Waals surface area contributed by atoms with Crippen molar-refractivity contribution < 1.29 is 0 Å². The molecule has 0 atom stereocenters. The van der Waals surface area contributed by atoms with Crippen LogP contribution in [0.4, 0.5) is 11.6 Å². The molecule has 0 aliphatic rings. The molecule has 0 bridgehead atoms. The van der Waals surface area contributed by atoms with Gasteiger partial charge in [0, 0.05) is 36.7 Å². The fraction of sp³-hybridized carbons (Fsp3) is 0.135. The number of hydrogen-bond acceptors (Lipinski definition) is 6. The first-order valence-corrected chi connectivity index (χ1v) is 15.3. The van der Waals surface area contributed by atoms with Crippen LogP contribution >= 0.6 is 0 Å². The number of nitrogens with two attached hydrogens (primary N) is 2. The molecule has 4 N–H and O–H groups in total. The third kappa shape index (κ3) is 4.80. The van der Waals surface area contributed by atoms with E-state index in [1.165, 1.54) is 11.1 Å². The van der Waals surface area contributed by atoms with Crippen molar-refractivity contribution in [2.24, 2.45) is 0 Å². The molecule has 220 valence electrons. The largest absolute Gasteiger partial charge is 0.382 e. The Morgan fingerprint density at radius 3 is 1.31 bits per heavy atom. The predicted octanol–water partition coefficient (Wildman–Crippen LogP) is 6.92. The Morgan fingerprint density at radius 2 is 0.867 bits per heavy atom. The van der Waals surface area contributed by atoms with E-state index < -0.39 is 0 Å². The van der Waals surface area contributed by atoms with Gasteiger partial charge in [0.25, 0.3) is 0 Å². The van der Waals surface area contributed by atoms with Gasteiger partial charge in [-0.2, -0.15) is 0 Å².